The lowest BCUT2D eigenvalue weighted by molar-refractivity contribution is -0.384. The number of hydrogen-bond donors (Lipinski definition) is 1. The summed E-state index contributed by atoms with van der Waals surface area (Å²) in [6.45, 7) is 1.74. The third-order valence-electron chi connectivity index (χ3n) is 4.45. The number of nitrogens with zero attached hydrogens (tertiary/aromatic N) is 3. The molecule has 9 heteroatoms. The summed E-state index contributed by atoms with van der Waals surface area (Å²) in [6.07, 6.45) is 1.24. The number of carbonyl (C=O) groups is 3. The van der Waals surface area contributed by atoms with Gasteiger partial charge in [-0.25, -0.2) is 9.69 Å². The molecule has 3 rings (SSSR count). The highest BCUT2D eigenvalue weighted by molar-refractivity contribution is 6.39. The van der Waals surface area contributed by atoms with Crippen molar-refractivity contribution in [3.63, 3.8) is 0 Å². The zero-order valence-electron chi connectivity index (χ0n) is 16.0. The molecule has 2 aromatic rings. The lowest BCUT2D eigenvalue weighted by Crippen LogP contribution is -2.54. The Morgan fingerprint density at radius 2 is 1.79 bits per heavy atom. The minimum Gasteiger partial charge on any atom is -0.372 e. The van der Waals surface area contributed by atoms with Gasteiger partial charge in [-0.05, 0) is 36.3 Å². The first-order valence-corrected chi connectivity index (χ1v) is 8.63. The number of barbiturate groups is 1. The number of anilines is 2. The average molecular weight is 394 g/mol. The van der Waals surface area contributed by atoms with Gasteiger partial charge in [0.1, 0.15) is 11.3 Å². The maximum Gasteiger partial charge on any atom is 0.335 e. The van der Waals surface area contributed by atoms with Crippen LogP contribution in [0.4, 0.5) is 21.9 Å². The first-order chi connectivity index (χ1) is 13.7. The number of hydrogen-bond acceptors (Lipinski definition) is 6. The molecule has 0 unspecified atom stereocenters. The van der Waals surface area contributed by atoms with Crippen LogP contribution >= 0.6 is 0 Å². The SMILES string of the molecule is Cc1ccccc1N1C(=O)NC(=O)/C(=C/c2ccc(N(C)C)c([N+](=O)[O-])c2)C1=O. The van der Waals surface area contributed by atoms with Gasteiger partial charge >= 0.3 is 6.03 Å². The molecule has 148 valence electrons. The minimum atomic E-state index is -0.857. The maximum absolute atomic E-state index is 12.9. The van der Waals surface area contributed by atoms with Crippen molar-refractivity contribution in [3.05, 3.63) is 69.3 Å². The Morgan fingerprint density at radius 3 is 2.41 bits per heavy atom. The van der Waals surface area contributed by atoms with Crippen molar-refractivity contribution in [2.24, 2.45) is 0 Å². The first kappa shape index (κ1) is 19.7. The molecular formula is C20H18N4O5. The molecule has 1 saturated heterocycles. The van der Waals surface area contributed by atoms with E-state index in [2.05, 4.69) is 5.32 Å². The van der Waals surface area contributed by atoms with Gasteiger partial charge in [0, 0.05) is 20.2 Å². The molecule has 9 nitrogen and oxygen atoms in total. The molecule has 1 heterocycles. The van der Waals surface area contributed by atoms with Crippen LogP contribution in [0.2, 0.25) is 0 Å². The highest BCUT2D eigenvalue weighted by atomic mass is 16.6. The summed E-state index contributed by atoms with van der Waals surface area (Å²) >= 11 is 0. The van der Waals surface area contributed by atoms with Gasteiger partial charge < -0.3 is 4.90 Å². The van der Waals surface area contributed by atoms with Crippen LogP contribution in [0.5, 0.6) is 0 Å². The lowest BCUT2D eigenvalue weighted by Gasteiger charge is -2.27. The summed E-state index contributed by atoms with van der Waals surface area (Å²) in [6, 6.07) is 10.3. The molecule has 0 saturated carbocycles. The quantitative estimate of drug-likeness (QED) is 0.369. The van der Waals surface area contributed by atoms with Crippen molar-refractivity contribution in [3.8, 4) is 0 Å². The maximum atomic E-state index is 12.9. The van der Waals surface area contributed by atoms with E-state index in [0.717, 1.165) is 4.90 Å². The highest BCUT2D eigenvalue weighted by Crippen LogP contribution is 2.30. The molecule has 1 N–H and O–H groups in total. The summed E-state index contributed by atoms with van der Waals surface area (Å²) in [5.74, 6) is -1.66. The Morgan fingerprint density at radius 1 is 1.10 bits per heavy atom. The van der Waals surface area contributed by atoms with Crippen molar-refractivity contribution in [2.75, 3.05) is 23.9 Å². The zero-order chi connectivity index (χ0) is 21.3. The van der Waals surface area contributed by atoms with E-state index in [0.29, 0.717) is 22.5 Å². The van der Waals surface area contributed by atoms with Crippen LogP contribution < -0.4 is 15.1 Å². The van der Waals surface area contributed by atoms with Crippen LogP contribution in [0, 0.1) is 17.0 Å². The van der Waals surface area contributed by atoms with Crippen LogP contribution in [0.3, 0.4) is 0 Å². The van der Waals surface area contributed by atoms with E-state index >= 15 is 0 Å². The number of aryl methyl sites for hydroxylation is 1. The molecule has 4 amide bonds. The molecule has 0 spiro atoms. The molecule has 1 aliphatic heterocycles. The Labute approximate surface area is 166 Å². The van der Waals surface area contributed by atoms with Gasteiger partial charge in [-0.1, -0.05) is 24.3 Å². The fraction of sp³-hybridized carbons (Fsp3) is 0.150. The van der Waals surface area contributed by atoms with Crippen molar-refractivity contribution >= 4 is 41.0 Å². The normalized spacial score (nSPS) is 15.5. The Balaban J connectivity index is 2.07. The molecule has 0 radical (unpaired) electrons. The predicted octanol–water partition coefficient (Wildman–Crippen LogP) is 2.64. The smallest absolute Gasteiger partial charge is 0.335 e. The Kier molecular flexibility index (Phi) is 5.14. The lowest BCUT2D eigenvalue weighted by atomic mass is 10.0. The van der Waals surface area contributed by atoms with Crippen molar-refractivity contribution in [2.45, 2.75) is 6.92 Å². The van der Waals surface area contributed by atoms with Gasteiger partial charge in [-0.3, -0.25) is 25.0 Å². The van der Waals surface area contributed by atoms with Crippen LogP contribution in [-0.4, -0.2) is 36.9 Å². The van der Waals surface area contributed by atoms with Crippen molar-refractivity contribution in [1.82, 2.24) is 5.32 Å². The number of rotatable bonds is 4. The second kappa shape index (κ2) is 7.55. The summed E-state index contributed by atoms with van der Waals surface area (Å²) in [4.78, 5) is 50.8. The molecule has 0 atom stereocenters. The van der Waals surface area contributed by atoms with E-state index in [9.17, 15) is 24.5 Å². The first-order valence-electron chi connectivity index (χ1n) is 8.63. The monoisotopic (exact) mass is 394 g/mol. The average Bonchev–Trinajstić information content (AvgIpc) is 2.66. The van der Waals surface area contributed by atoms with E-state index in [1.807, 2.05) is 0 Å². The number of amides is 4. The van der Waals surface area contributed by atoms with Gasteiger partial charge in [0.25, 0.3) is 17.5 Å². The van der Waals surface area contributed by atoms with Crippen LogP contribution in [-0.2, 0) is 9.59 Å². The summed E-state index contributed by atoms with van der Waals surface area (Å²) in [5, 5.41) is 13.5. The fourth-order valence-corrected chi connectivity index (χ4v) is 3.01. The van der Waals surface area contributed by atoms with Gasteiger partial charge in [-0.15, -0.1) is 0 Å². The third-order valence-corrected chi connectivity index (χ3v) is 4.45. The fourth-order valence-electron chi connectivity index (χ4n) is 3.01. The molecule has 1 fully saturated rings. The van der Waals surface area contributed by atoms with E-state index in [-0.39, 0.29) is 11.3 Å². The van der Waals surface area contributed by atoms with Gasteiger partial charge in [0.05, 0.1) is 10.6 Å². The van der Waals surface area contributed by atoms with Gasteiger partial charge in [0.2, 0.25) is 0 Å². The largest absolute Gasteiger partial charge is 0.372 e. The van der Waals surface area contributed by atoms with Gasteiger partial charge in [0.15, 0.2) is 0 Å². The minimum absolute atomic E-state index is 0.167. The summed E-state index contributed by atoms with van der Waals surface area (Å²) < 4.78 is 0. The topological polar surface area (TPSA) is 113 Å². The molecule has 1 aliphatic rings. The number of urea groups is 1. The number of nitrogens with one attached hydrogen (secondary N) is 1. The van der Waals surface area contributed by atoms with Crippen molar-refractivity contribution in [1.29, 1.82) is 0 Å². The second-order valence-corrected chi connectivity index (χ2v) is 6.64. The number of imide groups is 2. The van der Waals surface area contributed by atoms with Gasteiger partial charge in [-0.2, -0.15) is 0 Å². The van der Waals surface area contributed by atoms with E-state index in [1.165, 1.54) is 18.2 Å². The van der Waals surface area contributed by atoms with E-state index in [1.54, 1.807) is 56.3 Å². The highest BCUT2D eigenvalue weighted by Gasteiger charge is 2.37. The number of nitro benzene ring substituents is 1. The molecule has 2 aromatic carbocycles. The van der Waals surface area contributed by atoms with Crippen LogP contribution in [0.15, 0.2) is 48.0 Å². The molecular weight excluding hydrogens is 376 g/mol. The third kappa shape index (κ3) is 3.70. The molecule has 29 heavy (non-hydrogen) atoms. The number of carbonyl (C=O) groups excluding carboxylic acids is 3. The van der Waals surface area contributed by atoms with Crippen LogP contribution in [0.25, 0.3) is 6.08 Å². The Bertz CT molecular complexity index is 1070. The van der Waals surface area contributed by atoms with E-state index < -0.39 is 22.8 Å². The zero-order valence-corrected chi connectivity index (χ0v) is 16.0. The van der Waals surface area contributed by atoms with Crippen LogP contribution in [0.1, 0.15) is 11.1 Å². The molecule has 0 aliphatic carbocycles. The second-order valence-electron chi connectivity index (χ2n) is 6.64. The summed E-state index contributed by atoms with van der Waals surface area (Å²) in [7, 11) is 3.34. The number of nitro groups is 1. The predicted molar refractivity (Wildman–Crippen MR) is 108 cm³/mol. The molecule has 0 aromatic heterocycles. The number of benzene rings is 2. The standard InChI is InChI=1S/C20H18N4O5/c1-12-6-4-5-7-15(12)23-19(26)14(18(25)21-20(23)27)10-13-8-9-16(22(2)3)17(11-13)24(28)29/h4-11H,1-3H3,(H,21,25,27)/b14-10-. The molecule has 0 bridgehead atoms. The van der Waals surface area contributed by atoms with E-state index in [4.69, 9.17) is 0 Å². The number of para-hydroxylation sites is 1. The Hall–Kier alpha value is -4.01. The van der Waals surface area contributed by atoms with Crippen molar-refractivity contribution < 1.29 is 19.3 Å². The summed E-state index contributed by atoms with van der Waals surface area (Å²) in [5.41, 5.74) is 1.24.